The zero-order valence-corrected chi connectivity index (χ0v) is 16.0. The number of fused-ring (bicyclic) bond motifs is 1. The minimum atomic E-state index is -0.573. The van der Waals surface area contributed by atoms with E-state index in [1.807, 2.05) is 6.07 Å². The van der Waals surface area contributed by atoms with Crippen molar-refractivity contribution in [3.8, 4) is 0 Å². The average Bonchev–Trinajstić information content (AvgIpc) is 3.26. The first-order valence-corrected chi connectivity index (χ1v) is 9.70. The molecule has 2 atom stereocenters. The molecule has 1 aliphatic heterocycles. The third-order valence-corrected chi connectivity index (χ3v) is 5.52. The Morgan fingerprint density at radius 1 is 1.25 bits per heavy atom. The number of nitrogens with zero attached hydrogens (tertiary/aromatic N) is 4. The van der Waals surface area contributed by atoms with Crippen LogP contribution in [0.1, 0.15) is 23.2 Å². The fourth-order valence-corrected chi connectivity index (χ4v) is 4.01. The predicted molar refractivity (Wildman–Crippen MR) is 102 cm³/mol. The molecule has 28 heavy (non-hydrogen) atoms. The van der Waals surface area contributed by atoms with Gasteiger partial charge in [0.25, 0.3) is 5.91 Å². The number of hydrogen-bond donors (Lipinski definition) is 1. The van der Waals surface area contributed by atoms with E-state index >= 15 is 0 Å². The van der Waals surface area contributed by atoms with Crippen LogP contribution in [0.2, 0.25) is 0 Å². The second-order valence-corrected chi connectivity index (χ2v) is 7.50. The lowest BCUT2D eigenvalue weighted by atomic mass is 9.83. The molecule has 0 spiro atoms. The summed E-state index contributed by atoms with van der Waals surface area (Å²) in [5.41, 5.74) is 3.39. The van der Waals surface area contributed by atoms with Gasteiger partial charge in [0, 0.05) is 26.3 Å². The van der Waals surface area contributed by atoms with Gasteiger partial charge < -0.3 is 10.1 Å². The minimum Gasteiger partial charge on any atom is -0.383 e. The molecule has 2 heterocycles. The monoisotopic (exact) mass is 383 g/mol. The quantitative estimate of drug-likeness (QED) is 0.726. The fraction of sp³-hybridized carbons (Fsp3) is 0.500. The highest BCUT2D eigenvalue weighted by molar-refractivity contribution is 6.04. The summed E-state index contributed by atoms with van der Waals surface area (Å²) in [5, 5.41) is 10.9. The Bertz CT molecular complexity index is 865. The van der Waals surface area contributed by atoms with Gasteiger partial charge in [-0.1, -0.05) is 29.5 Å². The molecule has 2 aromatic rings. The van der Waals surface area contributed by atoms with Gasteiger partial charge in [-0.05, 0) is 36.3 Å². The van der Waals surface area contributed by atoms with Crippen molar-refractivity contribution < 1.29 is 14.3 Å². The van der Waals surface area contributed by atoms with Crippen LogP contribution in [0.5, 0.6) is 0 Å². The summed E-state index contributed by atoms with van der Waals surface area (Å²) >= 11 is 0. The van der Waals surface area contributed by atoms with Crippen LogP contribution in [-0.2, 0) is 35.3 Å². The normalized spacial score (nSPS) is 21.7. The molecule has 3 amide bonds. The Kier molecular flexibility index (Phi) is 5.38. The highest BCUT2D eigenvalue weighted by Gasteiger charge is 2.39. The third kappa shape index (κ3) is 3.91. The molecule has 8 heteroatoms. The zero-order chi connectivity index (χ0) is 19.5. The number of imide groups is 1. The number of methoxy groups -OCH3 is 1. The van der Waals surface area contributed by atoms with E-state index in [1.165, 1.54) is 16.0 Å². The number of aromatic nitrogens is 3. The van der Waals surface area contributed by atoms with Crippen molar-refractivity contribution in [3.05, 3.63) is 47.3 Å². The first-order chi connectivity index (χ1) is 13.6. The third-order valence-electron chi connectivity index (χ3n) is 5.52. The number of urea groups is 1. The van der Waals surface area contributed by atoms with Crippen molar-refractivity contribution in [2.24, 2.45) is 5.92 Å². The number of rotatable bonds is 7. The number of carbonyl (C=O) groups excluding carboxylic acids is 2. The number of carbonyl (C=O) groups is 2. The van der Waals surface area contributed by atoms with Crippen LogP contribution in [0.4, 0.5) is 4.79 Å². The lowest BCUT2D eigenvalue weighted by molar-refractivity contribution is -0.127. The summed E-state index contributed by atoms with van der Waals surface area (Å²) in [4.78, 5) is 26.5. The van der Waals surface area contributed by atoms with Crippen LogP contribution in [0.3, 0.4) is 0 Å². The van der Waals surface area contributed by atoms with Gasteiger partial charge in [-0.15, -0.1) is 5.10 Å². The molecular formula is C20H25N5O3. The maximum absolute atomic E-state index is 12.8. The summed E-state index contributed by atoms with van der Waals surface area (Å²) in [6, 6.07) is 7.53. The van der Waals surface area contributed by atoms with Gasteiger partial charge in [0.2, 0.25) is 0 Å². The van der Waals surface area contributed by atoms with Gasteiger partial charge in [0.05, 0.1) is 18.8 Å². The highest BCUT2D eigenvalue weighted by atomic mass is 16.5. The van der Waals surface area contributed by atoms with Gasteiger partial charge in [-0.3, -0.25) is 9.69 Å². The Balaban J connectivity index is 1.36. The van der Waals surface area contributed by atoms with E-state index in [0.717, 1.165) is 19.3 Å². The Morgan fingerprint density at radius 3 is 2.89 bits per heavy atom. The van der Waals surface area contributed by atoms with E-state index in [2.05, 4.69) is 33.8 Å². The van der Waals surface area contributed by atoms with E-state index in [9.17, 15) is 9.59 Å². The van der Waals surface area contributed by atoms with E-state index in [0.29, 0.717) is 37.7 Å². The van der Waals surface area contributed by atoms with E-state index in [-0.39, 0.29) is 11.9 Å². The molecule has 0 unspecified atom stereocenters. The molecule has 0 radical (unpaired) electrons. The van der Waals surface area contributed by atoms with Crippen LogP contribution >= 0.6 is 0 Å². The van der Waals surface area contributed by atoms with Crippen molar-refractivity contribution in [1.29, 1.82) is 0 Å². The molecule has 1 aromatic carbocycles. The van der Waals surface area contributed by atoms with E-state index < -0.39 is 6.04 Å². The summed E-state index contributed by atoms with van der Waals surface area (Å²) in [5.74, 6) is 0.133. The topological polar surface area (TPSA) is 89.4 Å². The molecule has 1 saturated heterocycles. The van der Waals surface area contributed by atoms with Crippen molar-refractivity contribution in [2.75, 3.05) is 20.3 Å². The van der Waals surface area contributed by atoms with Crippen LogP contribution in [0.15, 0.2) is 30.5 Å². The first-order valence-electron chi connectivity index (χ1n) is 9.70. The second kappa shape index (κ2) is 8.10. The van der Waals surface area contributed by atoms with E-state index in [4.69, 9.17) is 4.74 Å². The van der Waals surface area contributed by atoms with E-state index in [1.54, 1.807) is 18.0 Å². The van der Waals surface area contributed by atoms with Gasteiger partial charge in [0.1, 0.15) is 6.04 Å². The largest absolute Gasteiger partial charge is 0.383 e. The van der Waals surface area contributed by atoms with Crippen LogP contribution in [0, 0.1) is 5.92 Å². The number of aryl methyl sites for hydroxylation is 1. The van der Waals surface area contributed by atoms with Crippen LogP contribution in [0.25, 0.3) is 0 Å². The van der Waals surface area contributed by atoms with Gasteiger partial charge in [-0.25, -0.2) is 9.48 Å². The minimum absolute atomic E-state index is 0.171. The molecule has 0 saturated carbocycles. The second-order valence-electron chi connectivity index (χ2n) is 7.50. The fourth-order valence-electron chi connectivity index (χ4n) is 4.01. The molecule has 148 valence electrons. The van der Waals surface area contributed by atoms with Crippen molar-refractivity contribution in [1.82, 2.24) is 25.2 Å². The van der Waals surface area contributed by atoms with Crippen molar-refractivity contribution >= 4 is 11.9 Å². The molecule has 8 nitrogen and oxygen atoms in total. The predicted octanol–water partition coefficient (Wildman–Crippen LogP) is 1.19. The number of hydrogen-bond acceptors (Lipinski definition) is 5. The summed E-state index contributed by atoms with van der Waals surface area (Å²) in [6.45, 7) is 1.61. The Hall–Kier alpha value is -2.74. The van der Waals surface area contributed by atoms with Crippen LogP contribution in [-0.4, -0.2) is 58.1 Å². The standard InChI is InChI=1S/C20H25N5O3/c1-28-9-8-24-13-17(22-23-24)11-18-19(26)25(20(27)21-18)12-14-6-7-15-4-2-3-5-16(15)10-14/h2-5,13-14,18H,6-12H2,1H3,(H,21,27)/t14-,18+/m1/s1. The molecule has 4 rings (SSSR count). The lowest BCUT2D eigenvalue weighted by Crippen LogP contribution is -2.37. The highest BCUT2D eigenvalue weighted by Crippen LogP contribution is 2.27. The maximum Gasteiger partial charge on any atom is 0.324 e. The number of benzene rings is 1. The lowest BCUT2D eigenvalue weighted by Gasteiger charge is -2.27. The smallest absolute Gasteiger partial charge is 0.324 e. The molecule has 1 aliphatic carbocycles. The Labute approximate surface area is 163 Å². The number of ether oxygens (including phenoxy) is 1. The molecule has 0 bridgehead atoms. The Morgan fingerprint density at radius 2 is 2.07 bits per heavy atom. The van der Waals surface area contributed by atoms with Crippen molar-refractivity contribution in [2.45, 2.75) is 38.3 Å². The molecule has 1 fully saturated rings. The molecule has 2 aliphatic rings. The summed E-state index contributed by atoms with van der Waals surface area (Å²) in [7, 11) is 1.63. The SMILES string of the molecule is COCCn1cc(C[C@@H]2NC(=O)N(C[C@@H]3CCc4ccccc4C3)C2=O)nn1. The van der Waals surface area contributed by atoms with Crippen LogP contribution < -0.4 is 5.32 Å². The van der Waals surface area contributed by atoms with Gasteiger partial charge in [0.15, 0.2) is 0 Å². The zero-order valence-electron chi connectivity index (χ0n) is 16.0. The number of amides is 3. The maximum atomic E-state index is 12.8. The first kappa shape index (κ1) is 18.6. The van der Waals surface area contributed by atoms with Gasteiger partial charge in [-0.2, -0.15) is 0 Å². The van der Waals surface area contributed by atoms with Gasteiger partial charge >= 0.3 is 6.03 Å². The number of nitrogens with one attached hydrogen (secondary N) is 1. The average molecular weight is 383 g/mol. The molecule has 1 aromatic heterocycles. The summed E-state index contributed by atoms with van der Waals surface area (Å²) < 4.78 is 6.70. The molecular weight excluding hydrogens is 358 g/mol. The molecule has 1 N–H and O–H groups in total. The van der Waals surface area contributed by atoms with Crippen molar-refractivity contribution in [3.63, 3.8) is 0 Å². The summed E-state index contributed by atoms with van der Waals surface area (Å²) in [6.07, 6.45) is 5.04.